The van der Waals surface area contributed by atoms with Gasteiger partial charge >= 0.3 is 0 Å². The molecule has 0 unspecified atom stereocenters. The van der Waals surface area contributed by atoms with Crippen LogP contribution < -0.4 is 0 Å². The summed E-state index contributed by atoms with van der Waals surface area (Å²) in [6, 6.07) is 2.25. The Morgan fingerprint density at radius 2 is 1.72 bits per heavy atom. The molecule has 1 aromatic heterocycles. The molecule has 4 bridgehead atoms. The van der Waals surface area contributed by atoms with Crippen LogP contribution in [0.15, 0.2) is 0 Å². The lowest BCUT2D eigenvalue weighted by Crippen LogP contribution is -2.49. The second-order valence-corrected chi connectivity index (χ2v) is 6.72. The van der Waals surface area contributed by atoms with Gasteiger partial charge in [-0.2, -0.15) is 5.26 Å². The molecule has 4 nitrogen and oxygen atoms in total. The highest BCUT2D eigenvalue weighted by molar-refractivity contribution is 5.34. The van der Waals surface area contributed by atoms with E-state index >= 15 is 0 Å². The van der Waals surface area contributed by atoms with Gasteiger partial charge in [0.15, 0.2) is 5.69 Å². The number of aromatic nitrogens is 3. The summed E-state index contributed by atoms with van der Waals surface area (Å²) in [5.41, 5.74) is 1.92. The monoisotopic (exact) mass is 242 g/mol. The van der Waals surface area contributed by atoms with Crippen LogP contribution >= 0.6 is 0 Å². The molecule has 94 valence electrons. The first-order valence-electron chi connectivity index (χ1n) is 7.00. The van der Waals surface area contributed by atoms with Gasteiger partial charge in [0.2, 0.25) is 0 Å². The standard InChI is InChI=1S/C14H18N4/c1-18-13(12(8-15)16-17-18)14-5-9-2-10(6-14)4-11(3-9)7-14/h9-11H,2-7H2,1H3. The van der Waals surface area contributed by atoms with Crippen LogP contribution in [0.3, 0.4) is 0 Å². The molecule has 4 saturated carbocycles. The Morgan fingerprint density at radius 3 is 2.22 bits per heavy atom. The maximum atomic E-state index is 9.27. The number of aryl methyl sites for hydroxylation is 1. The van der Waals surface area contributed by atoms with Crippen LogP contribution in [0.1, 0.15) is 49.9 Å². The summed E-state index contributed by atoms with van der Waals surface area (Å²) < 4.78 is 1.87. The lowest BCUT2D eigenvalue weighted by atomic mass is 9.48. The summed E-state index contributed by atoms with van der Waals surface area (Å²) in [6.45, 7) is 0. The summed E-state index contributed by atoms with van der Waals surface area (Å²) in [5, 5.41) is 17.4. The average Bonchev–Trinajstić information content (AvgIpc) is 2.69. The SMILES string of the molecule is Cn1nnc(C#N)c1C12CC3CC(CC(C3)C1)C2. The molecule has 0 amide bonds. The third-order valence-electron chi connectivity index (χ3n) is 5.47. The van der Waals surface area contributed by atoms with Crippen molar-refractivity contribution in [3.63, 3.8) is 0 Å². The zero-order chi connectivity index (χ0) is 12.3. The third kappa shape index (κ3) is 1.25. The van der Waals surface area contributed by atoms with Gasteiger partial charge in [0.1, 0.15) is 6.07 Å². The van der Waals surface area contributed by atoms with Crippen molar-refractivity contribution in [2.24, 2.45) is 24.8 Å². The van der Waals surface area contributed by atoms with E-state index in [-0.39, 0.29) is 5.41 Å². The highest BCUT2D eigenvalue weighted by atomic mass is 15.4. The van der Waals surface area contributed by atoms with Crippen LogP contribution in [0.25, 0.3) is 0 Å². The van der Waals surface area contributed by atoms with Crippen molar-refractivity contribution in [2.45, 2.75) is 43.9 Å². The highest BCUT2D eigenvalue weighted by Gasteiger charge is 2.53. The summed E-state index contributed by atoms with van der Waals surface area (Å²) in [7, 11) is 1.95. The summed E-state index contributed by atoms with van der Waals surface area (Å²) in [4.78, 5) is 0. The first kappa shape index (κ1) is 10.5. The molecule has 5 rings (SSSR count). The molecule has 0 aromatic carbocycles. The molecule has 0 radical (unpaired) electrons. The molecule has 1 heterocycles. The van der Waals surface area contributed by atoms with Gasteiger partial charge in [-0.3, -0.25) is 4.68 Å². The van der Waals surface area contributed by atoms with E-state index in [0.29, 0.717) is 5.69 Å². The minimum atomic E-state index is 0.220. The van der Waals surface area contributed by atoms with Crippen LogP contribution in [0.2, 0.25) is 0 Å². The van der Waals surface area contributed by atoms with Crippen LogP contribution in [0, 0.1) is 29.1 Å². The predicted octanol–water partition coefficient (Wildman–Crippen LogP) is 2.15. The molecule has 4 fully saturated rings. The van der Waals surface area contributed by atoms with Gasteiger partial charge in [-0.15, -0.1) is 5.10 Å². The van der Waals surface area contributed by atoms with E-state index < -0.39 is 0 Å². The van der Waals surface area contributed by atoms with Gasteiger partial charge < -0.3 is 0 Å². The second-order valence-electron chi connectivity index (χ2n) is 6.72. The van der Waals surface area contributed by atoms with Crippen LogP contribution in [-0.2, 0) is 12.5 Å². The van der Waals surface area contributed by atoms with E-state index in [0.717, 1.165) is 23.4 Å². The Balaban J connectivity index is 1.84. The number of nitrogens with zero attached hydrogens (tertiary/aromatic N) is 4. The molecule has 0 spiro atoms. The molecular formula is C14H18N4. The Kier molecular flexibility index (Phi) is 1.96. The Labute approximate surface area is 107 Å². The van der Waals surface area contributed by atoms with Gasteiger partial charge in [-0.1, -0.05) is 5.21 Å². The molecule has 1 aromatic rings. The van der Waals surface area contributed by atoms with Crippen molar-refractivity contribution in [1.29, 1.82) is 5.26 Å². The third-order valence-corrected chi connectivity index (χ3v) is 5.47. The smallest absolute Gasteiger partial charge is 0.186 e. The van der Waals surface area contributed by atoms with E-state index in [1.807, 2.05) is 11.7 Å². The van der Waals surface area contributed by atoms with Crippen LogP contribution in [0.4, 0.5) is 0 Å². The van der Waals surface area contributed by atoms with E-state index in [2.05, 4.69) is 16.4 Å². The van der Waals surface area contributed by atoms with Crippen molar-refractivity contribution in [2.75, 3.05) is 0 Å². The fourth-order valence-corrected chi connectivity index (χ4v) is 5.43. The van der Waals surface area contributed by atoms with Crippen LogP contribution in [0.5, 0.6) is 0 Å². The Hall–Kier alpha value is -1.37. The fourth-order valence-electron chi connectivity index (χ4n) is 5.43. The molecular weight excluding hydrogens is 224 g/mol. The number of rotatable bonds is 1. The molecule has 0 aliphatic heterocycles. The zero-order valence-corrected chi connectivity index (χ0v) is 10.8. The Bertz CT molecular complexity index is 501. The maximum Gasteiger partial charge on any atom is 0.186 e. The van der Waals surface area contributed by atoms with Gasteiger partial charge in [-0.05, 0) is 56.3 Å². The number of hydrogen-bond donors (Lipinski definition) is 0. The lowest BCUT2D eigenvalue weighted by Gasteiger charge is -2.56. The van der Waals surface area contributed by atoms with Gasteiger partial charge in [0.05, 0.1) is 5.69 Å². The normalized spacial score (nSPS) is 41.0. The van der Waals surface area contributed by atoms with Crippen molar-refractivity contribution < 1.29 is 0 Å². The van der Waals surface area contributed by atoms with E-state index in [4.69, 9.17) is 0 Å². The van der Waals surface area contributed by atoms with Crippen molar-refractivity contribution in [3.8, 4) is 6.07 Å². The second kappa shape index (κ2) is 3.34. The van der Waals surface area contributed by atoms with Gasteiger partial charge in [0, 0.05) is 12.5 Å². The van der Waals surface area contributed by atoms with E-state index in [1.165, 1.54) is 38.5 Å². The summed E-state index contributed by atoms with van der Waals surface area (Å²) in [6.07, 6.45) is 8.05. The van der Waals surface area contributed by atoms with Crippen molar-refractivity contribution in [1.82, 2.24) is 15.0 Å². The van der Waals surface area contributed by atoms with Crippen molar-refractivity contribution >= 4 is 0 Å². The molecule has 18 heavy (non-hydrogen) atoms. The molecule has 4 aliphatic rings. The minimum absolute atomic E-state index is 0.220. The Morgan fingerprint density at radius 1 is 1.17 bits per heavy atom. The number of nitriles is 1. The first-order chi connectivity index (χ1) is 8.70. The van der Waals surface area contributed by atoms with E-state index in [1.54, 1.807) is 0 Å². The molecule has 0 saturated heterocycles. The molecule has 4 heteroatoms. The maximum absolute atomic E-state index is 9.27. The molecule has 0 N–H and O–H groups in total. The predicted molar refractivity (Wildman–Crippen MR) is 65.6 cm³/mol. The lowest BCUT2D eigenvalue weighted by molar-refractivity contribution is -0.00900. The first-order valence-corrected chi connectivity index (χ1v) is 7.00. The molecule has 0 atom stereocenters. The van der Waals surface area contributed by atoms with Crippen LogP contribution in [-0.4, -0.2) is 15.0 Å². The topological polar surface area (TPSA) is 54.5 Å². The molecule has 4 aliphatic carbocycles. The largest absolute Gasteiger partial charge is 0.250 e. The number of hydrogen-bond acceptors (Lipinski definition) is 3. The fraction of sp³-hybridized carbons (Fsp3) is 0.786. The summed E-state index contributed by atoms with van der Waals surface area (Å²) in [5.74, 6) is 2.66. The zero-order valence-electron chi connectivity index (χ0n) is 10.8. The average molecular weight is 242 g/mol. The van der Waals surface area contributed by atoms with Gasteiger partial charge in [-0.25, -0.2) is 0 Å². The highest BCUT2D eigenvalue weighted by Crippen LogP contribution is 2.60. The van der Waals surface area contributed by atoms with Crippen molar-refractivity contribution in [3.05, 3.63) is 11.4 Å². The summed E-state index contributed by atoms with van der Waals surface area (Å²) >= 11 is 0. The quantitative estimate of drug-likeness (QED) is 0.758. The van der Waals surface area contributed by atoms with E-state index in [9.17, 15) is 5.26 Å². The minimum Gasteiger partial charge on any atom is -0.250 e. The van der Waals surface area contributed by atoms with Gasteiger partial charge in [0.25, 0.3) is 0 Å².